The number of azo groups is 1. The molecule has 0 saturated carbocycles. The van der Waals surface area contributed by atoms with Gasteiger partial charge in [-0.1, -0.05) is 0 Å². The Morgan fingerprint density at radius 3 is 1.31 bits per heavy atom. The summed E-state index contributed by atoms with van der Waals surface area (Å²) in [6.07, 6.45) is 0. The lowest BCUT2D eigenvalue weighted by Crippen LogP contribution is -2.35. The van der Waals surface area contributed by atoms with Crippen molar-refractivity contribution in [1.82, 2.24) is 0 Å². The van der Waals surface area contributed by atoms with Crippen LogP contribution in [0, 0.1) is 10.8 Å². The van der Waals surface area contributed by atoms with Crippen molar-refractivity contribution in [1.29, 1.82) is 0 Å². The minimum atomic E-state index is -0.722. The van der Waals surface area contributed by atoms with E-state index in [1.165, 1.54) is 0 Å². The first-order valence-electron chi connectivity index (χ1n) is 5.03. The van der Waals surface area contributed by atoms with Crippen LogP contribution in [0.15, 0.2) is 10.2 Å². The number of nitrogens with zero attached hydrogens (tertiary/aromatic N) is 2. The number of carbonyl (C=O) groups excluding carboxylic acids is 2. The molecule has 6 heteroatoms. The highest BCUT2D eigenvalue weighted by molar-refractivity contribution is 5.80. The van der Waals surface area contributed by atoms with E-state index in [0.717, 1.165) is 0 Å². The predicted molar refractivity (Wildman–Crippen MR) is 60.5 cm³/mol. The number of primary amides is 2. The summed E-state index contributed by atoms with van der Waals surface area (Å²) in [7, 11) is 0. The molecular formula is C10H20N4O2. The second kappa shape index (κ2) is 5.05. The maximum absolute atomic E-state index is 11.0. The molecule has 0 rings (SSSR count). The van der Waals surface area contributed by atoms with Crippen molar-refractivity contribution >= 4 is 11.8 Å². The van der Waals surface area contributed by atoms with Crippen LogP contribution in [0.1, 0.15) is 27.7 Å². The zero-order valence-corrected chi connectivity index (χ0v) is 10.3. The highest BCUT2D eigenvalue weighted by atomic mass is 16.1. The standard InChI is InChI=1S/C10H20N4O2/c1-9(2,7(11)15)5-13-14-6-10(3,4)8(12)16/h5-6H2,1-4H3,(H2,11,15)(H2,12,16). The number of hydrogen-bond acceptors (Lipinski definition) is 4. The van der Waals surface area contributed by atoms with Gasteiger partial charge in [-0.15, -0.1) is 0 Å². The minimum Gasteiger partial charge on any atom is -0.369 e. The Morgan fingerprint density at radius 2 is 1.12 bits per heavy atom. The average molecular weight is 228 g/mol. The third-order valence-electron chi connectivity index (χ3n) is 2.37. The topological polar surface area (TPSA) is 111 Å². The van der Waals surface area contributed by atoms with Crippen LogP contribution in [0.5, 0.6) is 0 Å². The van der Waals surface area contributed by atoms with Crippen LogP contribution in [0.4, 0.5) is 0 Å². The largest absolute Gasteiger partial charge is 0.369 e. The molecule has 0 fully saturated rings. The van der Waals surface area contributed by atoms with E-state index in [1.807, 2.05) is 0 Å². The third-order valence-corrected chi connectivity index (χ3v) is 2.37. The van der Waals surface area contributed by atoms with E-state index in [4.69, 9.17) is 11.5 Å². The number of carbonyl (C=O) groups is 2. The molecule has 0 aliphatic heterocycles. The molecular weight excluding hydrogens is 208 g/mol. The molecule has 0 atom stereocenters. The first kappa shape index (κ1) is 14.5. The maximum atomic E-state index is 11.0. The Balaban J connectivity index is 4.25. The number of hydrogen-bond donors (Lipinski definition) is 2. The van der Waals surface area contributed by atoms with Gasteiger partial charge in [-0.2, -0.15) is 10.2 Å². The molecule has 0 saturated heterocycles. The van der Waals surface area contributed by atoms with Gasteiger partial charge in [-0.25, -0.2) is 0 Å². The van der Waals surface area contributed by atoms with Crippen LogP contribution in [0.2, 0.25) is 0 Å². The van der Waals surface area contributed by atoms with Crippen molar-refractivity contribution in [2.75, 3.05) is 13.1 Å². The molecule has 6 nitrogen and oxygen atoms in total. The number of rotatable bonds is 6. The van der Waals surface area contributed by atoms with Gasteiger partial charge in [-0.05, 0) is 27.7 Å². The molecule has 16 heavy (non-hydrogen) atoms. The monoisotopic (exact) mass is 228 g/mol. The Bertz CT molecular complexity index is 278. The summed E-state index contributed by atoms with van der Waals surface area (Å²) in [6.45, 7) is 7.16. The molecule has 2 amide bonds. The van der Waals surface area contributed by atoms with Crippen LogP contribution in [0.3, 0.4) is 0 Å². The van der Waals surface area contributed by atoms with Crippen molar-refractivity contribution in [3.63, 3.8) is 0 Å². The maximum Gasteiger partial charge on any atom is 0.225 e. The van der Waals surface area contributed by atoms with E-state index in [0.29, 0.717) is 0 Å². The molecule has 0 aromatic carbocycles. The zero-order valence-electron chi connectivity index (χ0n) is 10.3. The van der Waals surface area contributed by atoms with Crippen LogP contribution in [-0.4, -0.2) is 24.9 Å². The van der Waals surface area contributed by atoms with Gasteiger partial charge in [0.2, 0.25) is 11.8 Å². The number of nitrogens with two attached hydrogens (primary N) is 2. The molecule has 0 aromatic heterocycles. The first-order chi connectivity index (χ1) is 7.09. The summed E-state index contributed by atoms with van der Waals surface area (Å²) >= 11 is 0. The fraction of sp³-hybridized carbons (Fsp3) is 0.800. The van der Waals surface area contributed by atoms with Crippen molar-refractivity contribution in [2.45, 2.75) is 27.7 Å². The van der Waals surface area contributed by atoms with Gasteiger partial charge in [-0.3, -0.25) is 9.59 Å². The van der Waals surface area contributed by atoms with Gasteiger partial charge in [0.1, 0.15) is 0 Å². The molecule has 0 aliphatic rings. The molecule has 4 N–H and O–H groups in total. The van der Waals surface area contributed by atoms with Gasteiger partial charge in [0.15, 0.2) is 0 Å². The highest BCUT2D eigenvalue weighted by Gasteiger charge is 2.26. The summed E-state index contributed by atoms with van der Waals surface area (Å²) in [5.74, 6) is -0.860. The minimum absolute atomic E-state index is 0.206. The fourth-order valence-corrected chi connectivity index (χ4v) is 0.609. The zero-order chi connectivity index (χ0) is 13.0. The van der Waals surface area contributed by atoms with Crippen molar-refractivity contribution in [3.8, 4) is 0 Å². The third kappa shape index (κ3) is 4.37. The van der Waals surface area contributed by atoms with Gasteiger partial charge >= 0.3 is 0 Å². The first-order valence-corrected chi connectivity index (χ1v) is 5.03. The van der Waals surface area contributed by atoms with E-state index in [1.54, 1.807) is 27.7 Å². The van der Waals surface area contributed by atoms with Gasteiger partial charge in [0.25, 0.3) is 0 Å². The van der Waals surface area contributed by atoms with E-state index >= 15 is 0 Å². The Hall–Kier alpha value is -1.46. The quantitative estimate of drug-likeness (QED) is 0.643. The summed E-state index contributed by atoms with van der Waals surface area (Å²) in [4.78, 5) is 21.9. The van der Waals surface area contributed by atoms with Gasteiger partial charge < -0.3 is 11.5 Å². The smallest absolute Gasteiger partial charge is 0.225 e. The lowest BCUT2D eigenvalue weighted by atomic mass is 9.93. The lowest BCUT2D eigenvalue weighted by Gasteiger charge is -2.18. The predicted octanol–water partition coefficient (Wildman–Crippen LogP) is 0.462. The van der Waals surface area contributed by atoms with Crippen LogP contribution >= 0.6 is 0 Å². The van der Waals surface area contributed by atoms with Crippen LogP contribution in [0.25, 0.3) is 0 Å². The van der Waals surface area contributed by atoms with E-state index < -0.39 is 22.6 Å². The van der Waals surface area contributed by atoms with Crippen molar-refractivity contribution < 1.29 is 9.59 Å². The Labute approximate surface area is 95.5 Å². The summed E-state index contributed by atoms with van der Waals surface area (Å²) in [6, 6.07) is 0. The normalized spacial score (nSPS) is 13.0. The van der Waals surface area contributed by atoms with Crippen molar-refractivity contribution in [3.05, 3.63) is 0 Å². The number of amides is 2. The molecule has 0 radical (unpaired) electrons. The SMILES string of the molecule is CC(C)(CN=NCC(C)(C)C(N)=O)C(N)=O. The molecule has 92 valence electrons. The van der Waals surface area contributed by atoms with E-state index in [-0.39, 0.29) is 13.1 Å². The average Bonchev–Trinajstić information content (AvgIpc) is 2.12. The highest BCUT2D eigenvalue weighted by Crippen LogP contribution is 2.17. The Morgan fingerprint density at radius 1 is 0.875 bits per heavy atom. The second-order valence-electron chi connectivity index (χ2n) is 5.10. The molecule has 0 aromatic rings. The molecule has 0 unspecified atom stereocenters. The second-order valence-corrected chi connectivity index (χ2v) is 5.10. The summed E-state index contributed by atoms with van der Waals surface area (Å²) in [5, 5.41) is 7.70. The van der Waals surface area contributed by atoms with Gasteiger partial charge in [0, 0.05) is 0 Å². The molecule has 0 bridgehead atoms. The summed E-state index contributed by atoms with van der Waals surface area (Å²) < 4.78 is 0. The molecule has 0 aliphatic carbocycles. The Kier molecular flexibility index (Phi) is 4.59. The molecule has 0 spiro atoms. The fourth-order valence-electron chi connectivity index (χ4n) is 0.609. The van der Waals surface area contributed by atoms with E-state index in [9.17, 15) is 9.59 Å². The molecule has 0 heterocycles. The van der Waals surface area contributed by atoms with Crippen molar-refractivity contribution in [2.24, 2.45) is 32.5 Å². The van der Waals surface area contributed by atoms with E-state index in [2.05, 4.69) is 10.2 Å². The lowest BCUT2D eigenvalue weighted by molar-refractivity contribution is -0.126. The summed E-state index contributed by atoms with van der Waals surface area (Å²) in [5.41, 5.74) is 8.90. The van der Waals surface area contributed by atoms with Crippen LogP contribution in [-0.2, 0) is 9.59 Å². The van der Waals surface area contributed by atoms with Gasteiger partial charge in [0.05, 0.1) is 23.9 Å². The van der Waals surface area contributed by atoms with Crippen LogP contribution < -0.4 is 11.5 Å².